The molecule has 20 heavy (non-hydrogen) atoms. The molecule has 0 saturated carbocycles. The molecule has 0 saturated heterocycles. The number of aromatic nitrogens is 2. The summed E-state index contributed by atoms with van der Waals surface area (Å²) in [6.45, 7) is 6.23. The van der Waals surface area contributed by atoms with Crippen molar-refractivity contribution in [3.05, 3.63) is 41.2 Å². The first-order chi connectivity index (χ1) is 9.69. The molecular weight excluding hydrogens is 252 g/mol. The minimum Gasteiger partial charge on any atom is -0.478 e. The molecule has 0 fully saturated rings. The van der Waals surface area contributed by atoms with Gasteiger partial charge in [-0.05, 0) is 37.1 Å². The van der Waals surface area contributed by atoms with Gasteiger partial charge in [-0.25, -0.2) is 9.97 Å². The van der Waals surface area contributed by atoms with E-state index in [1.54, 1.807) is 6.33 Å². The first kappa shape index (κ1) is 12.7. The van der Waals surface area contributed by atoms with Gasteiger partial charge in [0.15, 0.2) is 0 Å². The SMILES string of the molecule is CCOc1ncnc(N2Cc3ccc(N)cc3C2)c1C. The van der Waals surface area contributed by atoms with E-state index in [0.717, 1.165) is 30.2 Å². The van der Waals surface area contributed by atoms with Crippen molar-refractivity contribution in [2.24, 2.45) is 0 Å². The number of nitrogens with zero attached hydrogens (tertiary/aromatic N) is 3. The van der Waals surface area contributed by atoms with Crippen LogP contribution in [0.1, 0.15) is 23.6 Å². The molecule has 0 bridgehead atoms. The number of hydrogen-bond donors (Lipinski definition) is 1. The fourth-order valence-corrected chi connectivity index (χ4v) is 2.59. The van der Waals surface area contributed by atoms with Crippen LogP contribution in [-0.4, -0.2) is 16.6 Å². The average Bonchev–Trinajstić information content (AvgIpc) is 2.84. The summed E-state index contributed by atoms with van der Waals surface area (Å²) in [5.41, 5.74) is 10.2. The largest absolute Gasteiger partial charge is 0.478 e. The highest BCUT2D eigenvalue weighted by Gasteiger charge is 2.23. The summed E-state index contributed by atoms with van der Waals surface area (Å²) >= 11 is 0. The zero-order valence-electron chi connectivity index (χ0n) is 11.8. The summed E-state index contributed by atoms with van der Waals surface area (Å²) < 4.78 is 5.54. The number of nitrogens with two attached hydrogens (primary N) is 1. The minimum absolute atomic E-state index is 0.605. The summed E-state index contributed by atoms with van der Waals surface area (Å²) in [6, 6.07) is 6.07. The van der Waals surface area contributed by atoms with E-state index in [0.29, 0.717) is 12.5 Å². The van der Waals surface area contributed by atoms with Gasteiger partial charge < -0.3 is 15.4 Å². The molecule has 104 valence electrons. The van der Waals surface area contributed by atoms with Crippen LogP contribution in [0.3, 0.4) is 0 Å². The lowest BCUT2D eigenvalue weighted by Gasteiger charge is -2.19. The standard InChI is InChI=1S/C15H18N4O/c1-3-20-15-10(2)14(17-9-18-15)19-7-11-4-5-13(16)6-12(11)8-19/h4-6,9H,3,7-8,16H2,1-2H3. The second-order valence-corrected chi connectivity index (χ2v) is 4.94. The molecular formula is C15H18N4O. The van der Waals surface area contributed by atoms with Gasteiger partial charge in [-0.15, -0.1) is 0 Å². The van der Waals surface area contributed by atoms with Crippen LogP contribution in [0.25, 0.3) is 0 Å². The third-order valence-corrected chi connectivity index (χ3v) is 3.54. The maximum absolute atomic E-state index is 5.84. The lowest BCUT2D eigenvalue weighted by atomic mass is 10.1. The maximum atomic E-state index is 5.84. The van der Waals surface area contributed by atoms with E-state index in [4.69, 9.17) is 10.5 Å². The van der Waals surface area contributed by atoms with Crippen molar-refractivity contribution in [3.63, 3.8) is 0 Å². The lowest BCUT2D eigenvalue weighted by molar-refractivity contribution is 0.323. The fourth-order valence-electron chi connectivity index (χ4n) is 2.59. The predicted octanol–water partition coefficient (Wildman–Crippen LogP) is 2.29. The Balaban J connectivity index is 1.91. The first-order valence-electron chi connectivity index (χ1n) is 6.75. The molecule has 5 nitrogen and oxygen atoms in total. The normalized spacial score (nSPS) is 13.4. The molecule has 2 heterocycles. The van der Waals surface area contributed by atoms with Crippen LogP contribution >= 0.6 is 0 Å². The highest BCUT2D eigenvalue weighted by molar-refractivity contribution is 5.56. The Labute approximate surface area is 118 Å². The van der Waals surface area contributed by atoms with Crippen LogP contribution in [0.2, 0.25) is 0 Å². The van der Waals surface area contributed by atoms with Crippen LogP contribution < -0.4 is 15.4 Å². The van der Waals surface area contributed by atoms with Crippen molar-refractivity contribution < 1.29 is 4.74 Å². The molecule has 0 unspecified atom stereocenters. The first-order valence-corrected chi connectivity index (χ1v) is 6.75. The molecule has 1 aliphatic heterocycles. The van der Waals surface area contributed by atoms with E-state index in [-0.39, 0.29) is 0 Å². The Morgan fingerprint density at radius 2 is 2.05 bits per heavy atom. The number of fused-ring (bicyclic) bond motifs is 1. The molecule has 0 amide bonds. The van der Waals surface area contributed by atoms with Crippen molar-refractivity contribution in [2.75, 3.05) is 17.2 Å². The Hall–Kier alpha value is -2.30. The number of anilines is 2. The van der Waals surface area contributed by atoms with Crippen LogP contribution in [0.15, 0.2) is 24.5 Å². The third-order valence-electron chi connectivity index (χ3n) is 3.54. The summed E-state index contributed by atoms with van der Waals surface area (Å²) in [5.74, 6) is 1.59. The molecule has 0 atom stereocenters. The smallest absolute Gasteiger partial charge is 0.221 e. The van der Waals surface area contributed by atoms with Gasteiger partial charge in [0, 0.05) is 18.8 Å². The highest BCUT2D eigenvalue weighted by Crippen LogP contribution is 2.32. The van der Waals surface area contributed by atoms with Gasteiger partial charge in [-0.2, -0.15) is 0 Å². The van der Waals surface area contributed by atoms with Crippen LogP contribution in [0.4, 0.5) is 11.5 Å². The Morgan fingerprint density at radius 1 is 1.25 bits per heavy atom. The number of ether oxygens (including phenoxy) is 1. The second-order valence-electron chi connectivity index (χ2n) is 4.94. The predicted molar refractivity (Wildman–Crippen MR) is 78.7 cm³/mol. The third kappa shape index (κ3) is 2.15. The Morgan fingerprint density at radius 3 is 2.85 bits per heavy atom. The van der Waals surface area contributed by atoms with Crippen LogP contribution in [0, 0.1) is 6.92 Å². The summed E-state index contributed by atoms with van der Waals surface area (Å²) in [7, 11) is 0. The zero-order valence-corrected chi connectivity index (χ0v) is 11.8. The summed E-state index contributed by atoms with van der Waals surface area (Å²) in [6.07, 6.45) is 1.56. The van der Waals surface area contributed by atoms with Crippen molar-refractivity contribution >= 4 is 11.5 Å². The van der Waals surface area contributed by atoms with Gasteiger partial charge in [-0.1, -0.05) is 6.07 Å². The topological polar surface area (TPSA) is 64.3 Å². The summed E-state index contributed by atoms with van der Waals surface area (Å²) in [5, 5.41) is 0. The van der Waals surface area contributed by atoms with Crippen LogP contribution in [-0.2, 0) is 13.1 Å². The van der Waals surface area contributed by atoms with Gasteiger partial charge in [-0.3, -0.25) is 0 Å². The lowest BCUT2D eigenvalue weighted by Crippen LogP contribution is -2.18. The van der Waals surface area contributed by atoms with Gasteiger partial charge in [0.05, 0.1) is 12.2 Å². The van der Waals surface area contributed by atoms with Crippen LogP contribution in [0.5, 0.6) is 5.88 Å². The van der Waals surface area contributed by atoms with E-state index in [2.05, 4.69) is 20.9 Å². The quantitative estimate of drug-likeness (QED) is 0.867. The van der Waals surface area contributed by atoms with E-state index < -0.39 is 0 Å². The minimum atomic E-state index is 0.605. The van der Waals surface area contributed by atoms with E-state index >= 15 is 0 Å². The van der Waals surface area contributed by atoms with E-state index in [9.17, 15) is 0 Å². The molecule has 0 aliphatic carbocycles. The molecule has 0 spiro atoms. The number of nitrogen functional groups attached to an aromatic ring is 1. The van der Waals surface area contributed by atoms with Crippen molar-refractivity contribution in [3.8, 4) is 5.88 Å². The van der Waals surface area contributed by atoms with E-state index in [1.165, 1.54) is 11.1 Å². The molecule has 2 aromatic rings. The molecule has 2 N–H and O–H groups in total. The monoisotopic (exact) mass is 270 g/mol. The fraction of sp³-hybridized carbons (Fsp3) is 0.333. The van der Waals surface area contributed by atoms with E-state index in [1.807, 2.05) is 26.0 Å². The average molecular weight is 270 g/mol. The molecule has 3 rings (SSSR count). The second kappa shape index (κ2) is 5.00. The van der Waals surface area contributed by atoms with Gasteiger partial charge in [0.2, 0.25) is 5.88 Å². The van der Waals surface area contributed by atoms with Crippen molar-refractivity contribution in [1.29, 1.82) is 0 Å². The molecule has 1 aliphatic rings. The van der Waals surface area contributed by atoms with Gasteiger partial charge in [0.1, 0.15) is 12.1 Å². The van der Waals surface area contributed by atoms with Crippen molar-refractivity contribution in [2.45, 2.75) is 26.9 Å². The molecule has 1 aromatic carbocycles. The molecule has 5 heteroatoms. The Bertz CT molecular complexity index is 642. The number of benzene rings is 1. The maximum Gasteiger partial charge on any atom is 0.221 e. The zero-order chi connectivity index (χ0) is 14.1. The summed E-state index contributed by atoms with van der Waals surface area (Å²) in [4.78, 5) is 10.8. The van der Waals surface area contributed by atoms with Gasteiger partial charge in [0.25, 0.3) is 0 Å². The number of rotatable bonds is 3. The number of hydrogen-bond acceptors (Lipinski definition) is 5. The molecule has 1 aromatic heterocycles. The molecule has 0 radical (unpaired) electrons. The Kier molecular flexibility index (Phi) is 3.18. The van der Waals surface area contributed by atoms with Crippen molar-refractivity contribution in [1.82, 2.24) is 9.97 Å². The highest BCUT2D eigenvalue weighted by atomic mass is 16.5. The van der Waals surface area contributed by atoms with Gasteiger partial charge >= 0.3 is 0 Å².